The third kappa shape index (κ3) is 3.66. The molecular weight excluding hydrogens is 240 g/mol. The van der Waals surface area contributed by atoms with Crippen molar-refractivity contribution in [3.8, 4) is 5.88 Å². The summed E-state index contributed by atoms with van der Waals surface area (Å²) < 4.78 is 5.47. The van der Waals surface area contributed by atoms with Crippen molar-refractivity contribution < 1.29 is 4.74 Å². The molecule has 100 valence electrons. The molecule has 1 aromatic heterocycles. The molecule has 5 heteroatoms. The largest absolute Gasteiger partial charge is 0.478 e. The zero-order valence-electron chi connectivity index (χ0n) is 11.0. The summed E-state index contributed by atoms with van der Waals surface area (Å²) in [7, 11) is 0. The average Bonchev–Trinajstić information content (AvgIpc) is 2.46. The number of nitrogens with two attached hydrogens (primary N) is 1. The summed E-state index contributed by atoms with van der Waals surface area (Å²) in [6.07, 6.45) is 2.62. The molecule has 0 atom stereocenters. The lowest BCUT2D eigenvalue weighted by molar-refractivity contribution is 0.305. The molecule has 0 unspecified atom stereocenters. The smallest absolute Gasteiger partial charge is 0.230 e. The predicted molar refractivity (Wildman–Crippen MR) is 75.4 cm³/mol. The Kier molecular flexibility index (Phi) is 4.69. The molecule has 2 aromatic rings. The third-order valence-electron chi connectivity index (χ3n) is 2.57. The number of hydrogen-bond acceptors (Lipinski definition) is 5. The van der Waals surface area contributed by atoms with E-state index in [0.717, 1.165) is 17.7 Å². The van der Waals surface area contributed by atoms with Gasteiger partial charge in [-0.05, 0) is 18.1 Å². The first kappa shape index (κ1) is 13.3. The molecule has 1 heterocycles. The molecule has 0 saturated heterocycles. The summed E-state index contributed by atoms with van der Waals surface area (Å²) in [5.74, 6) is 1.08. The summed E-state index contributed by atoms with van der Waals surface area (Å²) in [5.41, 5.74) is 7.63. The van der Waals surface area contributed by atoms with Crippen molar-refractivity contribution >= 4 is 11.6 Å². The van der Waals surface area contributed by atoms with Crippen LogP contribution in [0, 0.1) is 0 Å². The lowest BCUT2D eigenvalue weighted by atomic mass is 10.2. The molecule has 0 saturated carbocycles. The van der Waals surface area contributed by atoms with Crippen molar-refractivity contribution in [1.29, 1.82) is 0 Å². The molecule has 0 aliphatic carbocycles. The van der Waals surface area contributed by atoms with Gasteiger partial charge in [-0.3, -0.25) is 0 Å². The molecule has 0 spiro atoms. The first-order valence-electron chi connectivity index (χ1n) is 6.34. The molecule has 0 bridgehead atoms. The Morgan fingerprint density at radius 1 is 1.26 bits per heavy atom. The fourth-order valence-electron chi connectivity index (χ4n) is 1.63. The zero-order chi connectivity index (χ0) is 13.5. The molecule has 0 radical (unpaired) electrons. The highest BCUT2D eigenvalue weighted by Crippen LogP contribution is 2.19. The van der Waals surface area contributed by atoms with Crippen LogP contribution >= 0.6 is 0 Å². The Morgan fingerprint density at radius 2 is 2.11 bits per heavy atom. The van der Waals surface area contributed by atoms with Gasteiger partial charge in [-0.2, -0.15) is 4.98 Å². The zero-order valence-corrected chi connectivity index (χ0v) is 11.0. The average molecular weight is 258 g/mol. The predicted octanol–water partition coefficient (Wildman–Crippen LogP) is 2.47. The highest BCUT2D eigenvalue weighted by Gasteiger charge is 2.03. The van der Waals surface area contributed by atoms with Crippen molar-refractivity contribution in [2.75, 3.05) is 11.9 Å². The summed E-state index contributed by atoms with van der Waals surface area (Å²) >= 11 is 0. The Morgan fingerprint density at radius 3 is 2.89 bits per heavy atom. The standard InChI is InChI=1S/C14H18N4O/c1-2-9-19-13-7-8-16-14(18-13)17-12-6-4-3-5-11(12)10-15/h3-8H,2,9-10,15H2,1H3,(H,16,17,18). The van der Waals surface area contributed by atoms with E-state index in [0.29, 0.717) is 25.0 Å². The van der Waals surface area contributed by atoms with Crippen LogP contribution in [0.4, 0.5) is 11.6 Å². The molecule has 0 fully saturated rings. The van der Waals surface area contributed by atoms with Crippen LogP contribution in [0.5, 0.6) is 5.88 Å². The SMILES string of the molecule is CCCOc1ccnc(Nc2ccccc2CN)n1. The number of hydrogen-bond donors (Lipinski definition) is 2. The Bertz CT molecular complexity index is 530. The van der Waals surface area contributed by atoms with E-state index in [-0.39, 0.29) is 0 Å². The van der Waals surface area contributed by atoms with Crippen molar-refractivity contribution in [3.05, 3.63) is 42.1 Å². The number of nitrogens with zero attached hydrogens (tertiary/aromatic N) is 2. The summed E-state index contributed by atoms with van der Waals surface area (Å²) in [6.45, 7) is 3.17. The second-order valence-corrected chi connectivity index (χ2v) is 4.05. The highest BCUT2D eigenvalue weighted by atomic mass is 16.5. The summed E-state index contributed by atoms with van der Waals surface area (Å²) in [5, 5.41) is 3.16. The number of rotatable bonds is 6. The van der Waals surface area contributed by atoms with Gasteiger partial charge in [0.2, 0.25) is 11.8 Å². The second-order valence-electron chi connectivity index (χ2n) is 4.05. The minimum absolute atomic E-state index is 0.467. The van der Waals surface area contributed by atoms with Crippen molar-refractivity contribution in [1.82, 2.24) is 9.97 Å². The molecule has 2 rings (SSSR count). The van der Waals surface area contributed by atoms with Gasteiger partial charge < -0.3 is 15.8 Å². The quantitative estimate of drug-likeness (QED) is 0.832. The summed E-state index contributed by atoms with van der Waals surface area (Å²) in [6, 6.07) is 9.56. The second kappa shape index (κ2) is 6.70. The fourth-order valence-corrected chi connectivity index (χ4v) is 1.63. The first-order valence-corrected chi connectivity index (χ1v) is 6.34. The molecule has 3 N–H and O–H groups in total. The van der Waals surface area contributed by atoms with E-state index < -0.39 is 0 Å². The van der Waals surface area contributed by atoms with E-state index in [1.165, 1.54) is 0 Å². The van der Waals surface area contributed by atoms with Gasteiger partial charge in [-0.25, -0.2) is 4.98 Å². The van der Waals surface area contributed by atoms with Gasteiger partial charge in [0.05, 0.1) is 6.61 Å². The number of ether oxygens (including phenoxy) is 1. The maximum atomic E-state index is 5.69. The molecule has 0 amide bonds. The van der Waals surface area contributed by atoms with E-state index >= 15 is 0 Å². The molecule has 0 aliphatic rings. The molecular formula is C14H18N4O. The summed E-state index contributed by atoms with van der Waals surface area (Å²) in [4.78, 5) is 8.47. The maximum absolute atomic E-state index is 5.69. The monoisotopic (exact) mass is 258 g/mol. The Labute approximate surface area is 112 Å². The molecule has 0 aliphatic heterocycles. The van der Waals surface area contributed by atoms with Crippen LogP contribution in [-0.2, 0) is 6.54 Å². The van der Waals surface area contributed by atoms with E-state index in [2.05, 4.69) is 22.2 Å². The van der Waals surface area contributed by atoms with Crippen molar-refractivity contribution in [2.45, 2.75) is 19.9 Å². The van der Waals surface area contributed by atoms with Gasteiger partial charge in [0.15, 0.2) is 0 Å². The van der Waals surface area contributed by atoms with Gasteiger partial charge in [0.1, 0.15) is 0 Å². The van der Waals surface area contributed by atoms with Crippen LogP contribution < -0.4 is 15.8 Å². The van der Waals surface area contributed by atoms with E-state index in [9.17, 15) is 0 Å². The maximum Gasteiger partial charge on any atom is 0.230 e. The van der Waals surface area contributed by atoms with Crippen LogP contribution in [0.2, 0.25) is 0 Å². The van der Waals surface area contributed by atoms with Crippen molar-refractivity contribution in [3.63, 3.8) is 0 Å². The van der Waals surface area contributed by atoms with Crippen LogP contribution in [0.15, 0.2) is 36.5 Å². The number of nitrogens with one attached hydrogen (secondary N) is 1. The van der Waals surface area contributed by atoms with Gasteiger partial charge in [-0.15, -0.1) is 0 Å². The van der Waals surface area contributed by atoms with Crippen LogP contribution in [0.3, 0.4) is 0 Å². The number of para-hydroxylation sites is 1. The normalized spacial score (nSPS) is 10.2. The minimum atomic E-state index is 0.467. The van der Waals surface area contributed by atoms with Gasteiger partial charge >= 0.3 is 0 Å². The molecule has 5 nitrogen and oxygen atoms in total. The first-order chi connectivity index (χ1) is 9.33. The van der Waals surface area contributed by atoms with E-state index in [4.69, 9.17) is 10.5 Å². The molecule has 1 aromatic carbocycles. The fraction of sp³-hybridized carbons (Fsp3) is 0.286. The van der Waals surface area contributed by atoms with Crippen LogP contribution in [0.1, 0.15) is 18.9 Å². The number of aromatic nitrogens is 2. The van der Waals surface area contributed by atoms with Crippen LogP contribution in [0.25, 0.3) is 0 Å². The molecule has 19 heavy (non-hydrogen) atoms. The van der Waals surface area contributed by atoms with Gasteiger partial charge in [0, 0.05) is 24.5 Å². The number of anilines is 2. The lowest BCUT2D eigenvalue weighted by Crippen LogP contribution is -2.05. The minimum Gasteiger partial charge on any atom is -0.478 e. The van der Waals surface area contributed by atoms with Gasteiger partial charge in [0.25, 0.3) is 0 Å². The van der Waals surface area contributed by atoms with E-state index in [1.54, 1.807) is 12.3 Å². The van der Waals surface area contributed by atoms with Crippen LogP contribution in [-0.4, -0.2) is 16.6 Å². The van der Waals surface area contributed by atoms with Crippen molar-refractivity contribution in [2.24, 2.45) is 5.73 Å². The van der Waals surface area contributed by atoms with E-state index in [1.807, 2.05) is 24.3 Å². The topological polar surface area (TPSA) is 73.1 Å². The third-order valence-corrected chi connectivity index (χ3v) is 2.57. The number of benzene rings is 1. The Hall–Kier alpha value is -2.14. The highest BCUT2D eigenvalue weighted by molar-refractivity contribution is 5.58. The lowest BCUT2D eigenvalue weighted by Gasteiger charge is -2.10. The Balaban J connectivity index is 2.14. The van der Waals surface area contributed by atoms with Gasteiger partial charge in [-0.1, -0.05) is 25.1 Å².